The molecular formula is C20H21N3O. The molecule has 0 aliphatic heterocycles. The van der Waals surface area contributed by atoms with Crippen molar-refractivity contribution in [2.45, 2.75) is 26.7 Å². The Morgan fingerprint density at radius 1 is 1.12 bits per heavy atom. The van der Waals surface area contributed by atoms with Crippen LogP contribution in [0, 0.1) is 13.8 Å². The highest BCUT2D eigenvalue weighted by molar-refractivity contribution is 5.97. The van der Waals surface area contributed by atoms with Crippen molar-refractivity contribution in [3.8, 4) is 0 Å². The molecule has 1 amide bonds. The summed E-state index contributed by atoms with van der Waals surface area (Å²) in [7, 11) is 0. The highest BCUT2D eigenvalue weighted by Crippen LogP contribution is 2.24. The van der Waals surface area contributed by atoms with Crippen LogP contribution in [0.1, 0.15) is 23.2 Å². The minimum absolute atomic E-state index is 0.00348. The summed E-state index contributed by atoms with van der Waals surface area (Å²) in [5.41, 5.74) is 11.6. The molecule has 2 aromatic carbocycles. The van der Waals surface area contributed by atoms with Gasteiger partial charge in [-0.2, -0.15) is 0 Å². The Bertz CT molecular complexity index is 903. The van der Waals surface area contributed by atoms with E-state index in [0.29, 0.717) is 12.1 Å². The van der Waals surface area contributed by atoms with E-state index in [1.54, 1.807) is 0 Å². The van der Waals surface area contributed by atoms with E-state index in [1.807, 2.05) is 43.3 Å². The zero-order valence-electron chi connectivity index (χ0n) is 14.0. The summed E-state index contributed by atoms with van der Waals surface area (Å²) < 4.78 is 0. The predicted octanol–water partition coefficient (Wildman–Crippen LogP) is 4.01. The summed E-state index contributed by atoms with van der Waals surface area (Å²) in [5.74, 6) is -0.00348. The van der Waals surface area contributed by atoms with Gasteiger partial charge in [0.1, 0.15) is 0 Å². The molecule has 0 saturated carbocycles. The molecule has 0 radical (unpaired) electrons. The molecule has 0 atom stereocenters. The Morgan fingerprint density at radius 3 is 2.71 bits per heavy atom. The van der Waals surface area contributed by atoms with Crippen molar-refractivity contribution >= 4 is 28.2 Å². The number of nitrogen functional groups attached to an aromatic ring is 1. The first kappa shape index (κ1) is 16.0. The number of carbonyl (C=O) groups is 1. The minimum Gasteiger partial charge on any atom is -0.398 e. The number of hydrogen-bond acceptors (Lipinski definition) is 3. The molecular weight excluding hydrogens is 298 g/mol. The molecule has 4 nitrogen and oxygen atoms in total. The van der Waals surface area contributed by atoms with Gasteiger partial charge in [-0.25, -0.2) is 0 Å². The van der Waals surface area contributed by atoms with Crippen LogP contribution in [0.4, 0.5) is 11.4 Å². The van der Waals surface area contributed by atoms with E-state index in [0.717, 1.165) is 28.7 Å². The number of aromatic nitrogens is 1. The monoisotopic (exact) mass is 319 g/mol. The fourth-order valence-electron chi connectivity index (χ4n) is 2.83. The van der Waals surface area contributed by atoms with Crippen LogP contribution >= 0.6 is 0 Å². The Hall–Kier alpha value is -2.88. The first-order valence-corrected chi connectivity index (χ1v) is 8.04. The summed E-state index contributed by atoms with van der Waals surface area (Å²) in [6, 6.07) is 15.6. The summed E-state index contributed by atoms with van der Waals surface area (Å²) >= 11 is 0. The molecule has 0 saturated heterocycles. The maximum atomic E-state index is 12.2. The van der Waals surface area contributed by atoms with Gasteiger partial charge in [0, 0.05) is 28.9 Å². The number of nitrogens with two attached hydrogens (primary N) is 1. The smallest absolute Gasteiger partial charge is 0.224 e. The standard InChI is InChI=1S/C20H21N3O/c1-13-5-3-4-6-15(13)7-10-20(24)23-16-8-9-19-17(12-16)18(21)11-14(2)22-19/h3-6,8-9,11-12H,7,10H2,1-2H3,(H2,21,22)(H,23,24). The number of rotatable bonds is 4. The molecule has 0 aliphatic rings. The second kappa shape index (κ2) is 6.71. The molecule has 4 heteroatoms. The molecule has 122 valence electrons. The van der Waals surface area contributed by atoms with Crippen molar-refractivity contribution in [3.63, 3.8) is 0 Å². The number of pyridine rings is 1. The van der Waals surface area contributed by atoms with Gasteiger partial charge in [-0.05, 0) is 55.7 Å². The SMILES string of the molecule is Cc1cc(N)c2cc(NC(=O)CCc3ccccc3C)ccc2n1. The van der Waals surface area contributed by atoms with Crippen LogP contribution in [0.25, 0.3) is 10.9 Å². The van der Waals surface area contributed by atoms with Crippen molar-refractivity contribution in [1.82, 2.24) is 4.98 Å². The van der Waals surface area contributed by atoms with E-state index in [9.17, 15) is 4.79 Å². The summed E-state index contributed by atoms with van der Waals surface area (Å²) in [4.78, 5) is 16.7. The van der Waals surface area contributed by atoms with Crippen LogP contribution in [-0.4, -0.2) is 10.9 Å². The van der Waals surface area contributed by atoms with E-state index in [4.69, 9.17) is 5.73 Å². The molecule has 0 unspecified atom stereocenters. The molecule has 0 spiro atoms. The molecule has 0 bridgehead atoms. The number of aryl methyl sites for hydroxylation is 3. The third kappa shape index (κ3) is 3.54. The van der Waals surface area contributed by atoms with Gasteiger partial charge in [-0.15, -0.1) is 0 Å². The molecule has 3 rings (SSSR count). The first-order valence-electron chi connectivity index (χ1n) is 8.04. The average molecular weight is 319 g/mol. The normalized spacial score (nSPS) is 10.8. The van der Waals surface area contributed by atoms with Gasteiger partial charge < -0.3 is 11.1 Å². The molecule has 0 fully saturated rings. The molecule has 24 heavy (non-hydrogen) atoms. The van der Waals surface area contributed by atoms with E-state index < -0.39 is 0 Å². The van der Waals surface area contributed by atoms with Gasteiger partial charge in [-0.1, -0.05) is 24.3 Å². The second-order valence-corrected chi connectivity index (χ2v) is 6.06. The Kier molecular flexibility index (Phi) is 4.47. The molecule has 3 aromatic rings. The van der Waals surface area contributed by atoms with Gasteiger partial charge in [0.15, 0.2) is 0 Å². The van der Waals surface area contributed by atoms with Gasteiger partial charge in [0.2, 0.25) is 5.91 Å². The summed E-state index contributed by atoms with van der Waals surface area (Å²) in [5, 5.41) is 3.80. The Labute approximate surface area is 141 Å². The number of nitrogens with zero attached hydrogens (tertiary/aromatic N) is 1. The zero-order chi connectivity index (χ0) is 17.1. The second-order valence-electron chi connectivity index (χ2n) is 6.06. The van der Waals surface area contributed by atoms with Crippen molar-refractivity contribution in [1.29, 1.82) is 0 Å². The van der Waals surface area contributed by atoms with E-state index in [2.05, 4.69) is 29.4 Å². The van der Waals surface area contributed by atoms with Gasteiger partial charge in [0.05, 0.1) is 5.52 Å². The average Bonchev–Trinajstić information content (AvgIpc) is 2.54. The number of fused-ring (bicyclic) bond motifs is 1. The van der Waals surface area contributed by atoms with Gasteiger partial charge in [0.25, 0.3) is 0 Å². The molecule has 0 aliphatic carbocycles. The van der Waals surface area contributed by atoms with Gasteiger partial charge >= 0.3 is 0 Å². The molecule has 3 N–H and O–H groups in total. The maximum Gasteiger partial charge on any atom is 0.224 e. The van der Waals surface area contributed by atoms with E-state index in [-0.39, 0.29) is 5.91 Å². The fraction of sp³-hybridized carbons (Fsp3) is 0.200. The van der Waals surface area contributed by atoms with Crippen LogP contribution in [0.3, 0.4) is 0 Å². The lowest BCUT2D eigenvalue weighted by Gasteiger charge is -2.09. The number of carbonyl (C=O) groups excluding carboxylic acids is 1. The van der Waals surface area contributed by atoms with Crippen LogP contribution in [0.15, 0.2) is 48.5 Å². The lowest BCUT2D eigenvalue weighted by atomic mass is 10.0. The number of amides is 1. The minimum atomic E-state index is -0.00348. The maximum absolute atomic E-state index is 12.2. The van der Waals surface area contributed by atoms with Crippen LogP contribution in [-0.2, 0) is 11.2 Å². The highest BCUT2D eigenvalue weighted by atomic mass is 16.1. The van der Waals surface area contributed by atoms with Crippen molar-refractivity contribution in [2.24, 2.45) is 0 Å². The summed E-state index contributed by atoms with van der Waals surface area (Å²) in [6.45, 7) is 3.98. The fourth-order valence-corrected chi connectivity index (χ4v) is 2.83. The topological polar surface area (TPSA) is 68.0 Å². The first-order chi connectivity index (χ1) is 11.5. The van der Waals surface area contributed by atoms with Crippen molar-refractivity contribution < 1.29 is 4.79 Å². The third-order valence-corrected chi connectivity index (χ3v) is 4.14. The lowest BCUT2D eigenvalue weighted by Crippen LogP contribution is -2.12. The van der Waals surface area contributed by atoms with Crippen molar-refractivity contribution in [3.05, 3.63) is 65.4 Å². The van der Waals surface area contributed by atoms with E-state index in [1.165, 1.54) is 11.1 Å². The number of hydrogen-bond donors (Lipinski definition) is 2. The molecule has 1 heterocycles. The quantitative estimate of drug-likeness (QED) is 0.763. The largest absolute Gasteiger partial charge is 0.398 e. The Balaban J connectivity index is 1.70. The van der Waals surface area contributed by atoms with Crippen LogP contribution in [0.5, 0.6) is 0 Å². The van der Waals surface area contributed by atoms with Gasteiger partial charge in [-0.3, -0.25) is 9.78 Å². The highest BCUT2D eigenvalue weighted by Gasteiger charge is 2.07. The van der Waals surface area contributed by atoms with Crippen LogP contribution in [0.2, 0.25) is 0 Å². The predicted molar refractivity (Wildman–Crippen MR) is 99.0 cm³/mol. The zero-order valence-corrected chi connectivity index (χ0v) is 14.0. The Morgan fingerprint density at radius 2 is 1.92 bits per heavy atom. The summed E-state index contributed by atoms with van der Waals surface area (Å²) in [6.07, 6.45) is 1.18. The number of benzene rings is 2. The number of anilines is 2. The lowest BCUT2D eigenvalue weighted by molar-refractivity contribution is -0.116. The van der Waals surface area contributed by atoms with Crippen LogP contribution < -0.4 is 11.1 Å². The van der Waals surface area contributed by atoms with Crippen molar-refractivity contribution in [2.75, 3.05) is 11.1 Å². The van der Waals surface area contributed by atoms with E-state index >= 15 is 0 Å². The number of nitrogens with one attached hydrogen (secondary N) is 1. The third-order valence-electron chi connectivity index (χ3n) is 4.14. The molecule has 1 aromatic heterocycles.